The Hall–Kier alpha value is -2.87. The first-order valence-corrected chi connectivity index (χ1v) is 12.8. The standard InChI is InChI=1S/C27H34ClF2N3O3/c1-16(2)15-33(19-7-5-4-6-8-19)25-14-21(29)20(17(3)11-26(34)35)13-24(25)32-27(36)31-23-10-9-18(28)12-22(23)30/h9-10,12-14,16-17,19H,4-8,11,15H2,1-3H3,(H,34,35)(H2,31,32,36). The van der Waals surface area contributed by atoms with Gasteiger partial charge < -0.3 is 20.6 Å². The van der Waals surface area contributed by atoms with Crippen molar-refractivity contribution in [3.05, 3.63) is 52.6 Å². The Morgan fingerprint density at radius 1 is 1.03 bits per heavy atom. The van der Waals surface area contributed by atoms with E-state index in [1.165, 1.54) is 24.3 Å². The summed E-state index contributed by atoms with van der Waals surface area (Å²) in [6.45, 7) is 6.46. The number of aliphatic carboxylic acids is 1. The van der Waals surface area contributed by atoms with Gasteiger partial charge >= 0.3 is 12.0 Å². The van der Waals surface area contributed by atoms with Crippen LogP contribution in [0.3, 0.4) is 0 Å². The number of hydrogen-bond donors (Lipinski definition) is 3. The van der Waals surface area contributed by atoms with Crippen molar-refractivity contribution in [2.45, 2.75) is 71.3 Å². The van der Waals surface area contributed by atoms with Crippen molar-refractivity contribution in [3.63, 3.8) is 0 Å². The summed E-state index contributed by atoms with van der Waals surface area (Å²) in [5.74, 6) is -2.57. The molecule has 1 aliphatic carbocycles. The van der Waals surface area contributed by atoms with Crippen LogP contribution in [0.2, 0.25) is 5.02 Å². The van der Waals surface area contributed by atoms with Gasteiger partial charge in [-0.2, -0.15) is 0 Å². The van der Waals surface area contributed by atoms with Gasteiger partial charge in [0.2, 0.25) is 0 Å². The molecule has 0 radical (unpaired) electrons. The summed E-state index contributed by atoms with van der Waals surface area (Å²) in [5.41, 5.74) is 1.03. The normalized spacial score (nSPS) is 15.0. The van der Waals surface area contributed by atoms with Crippen LogP contribution in [0.25, 0.3) is 0 Å². The molecule has 2 aromatic carbocycles. The fraction of sp³-hybridized carbons (Fsp3) is 0.481. The molecule has 1 aliphatic rings. The topological polar surface area (TPSA) is 81.7 Å². The highest BCUT2D eigenvalue weighted by atomic mass is 35.5. The number of hydrogen-bond acceptors (Lipinski definition) is 3. The Labute approximate surface area is 216 Å². The van der Waals surface area contributed by atoms with Crippen LogP contribution in [0.1, 0.15) is 70.8 Å². The lowest BCUT2D eigenvalue weighted by Crippen LogP contribution is -2.40. The van der Waals surface area contributed by atoms with Crippen molar-refractivity contribution in [1.82, 2.24) is 0 Å². The van der Waals surface area contributed by atoms with Gasteiger partial charge in [0.05, 0.1) is 23.5 Å². The fourth-order valence-electron chi connectivity index (χ4n) is 4.76. The van der Waals surface area contributed by atoms with E-state index in [9.17, 15) is 19.1 Å². The highest BCUT2D eigenvalue weighted by molar-refractivity contribution is 6.30. The van der Waals surface area contributed by atoms with Crippen LogP contribution in [-0.2, 0) is 4.79 Å². The quantitative estimate of drug-likeness (QED) is 0.317. The van der Waals surface area contributed by atoms with Gasteiger partial charge in [-0.05, 0) is 60.6 Å². The number of nitrogens with zero attached hydrogens (tertiary/aromatic N) is 1. The van der Waals surface area contributed by atoms with Crippen molar-refractivity contribution in [3.8, 4) is 0 Å². The maximum absolute atomic E-state index is 15.4. The lowest BCUT2D eigenvalue weighted by Gasteiger charge is -2.38. The zero-order chi connectivity index (χ0) is 26.4. The fourth-order valence-corrected chi connectivity index (χ4v) is 4.92. The number of amides is 2. The van der Waals surface area contributed by atoms with E-state index in [2.05, 4.69) is 29.4 Å². The molecule has 1 saturated carbocycles. The maximum Gasteiger partial charge on any atom is 0.323 e. The number of rotatable bonds is 9. The molecule has 6 nitrogen and oxygen atoms in total. The Bertz CT molecular complexity index is 1090. The number of carbonyl (C=O) groups excluding carboxylic acids is 1. The Kier molecular flexibility index (Phi) is 9.54. The number of urea groups is 1. The Morgan fingerprint density at radius 3 is 2.31 bits per heavy atom. The molecular formula is C27H34ClF2N3O3. The van der Waals surface area contributed by atoms with Gasteiger partial charge in [0.1, 0.15) is 11.6 Å². The second kappa shape index (κ2) is 12.4. The second-order valence-electron chi connectivity index (χ2n) is 9.93. The average molecular weight is 522 g/mol. The monoisotopic (exact) mass is 521 g/mol. The molecule has 0 aliphatic heterocycles. The number of carboxylic acids is 1. The van der Waals surface area contributed by atoms with Gasteiger partial charge in [0.25, 0.3) is 0 Å². The Balaban J connectivity index is 2.01. The van der Waals surface area contributed by atoms with Crippen LogP contribution in [-0.4, -0.2) is 29.7 Å². The molecule has 36 heavy (non-hydrogen) atoms. The molecule has 2 amide bonds. The van der Waals surface area contributed by atoms with E-state index < -0.39 is 29.6 Å². The highest BCUT2D eigenvalue weighted by Crippen LogP contribution is 2.37. The molecule has 3 rings (SSSR count). The van der Waals surface area contributed by atoms with Crippen molar-refractivity contribution in [2.24, 2.45) is 5.92 Å². The van der Waals surface area contributed by atoms with Crippen molar-refractivity contribution >= 4 is 40.7 Å². The molecule has 0 heterocycles. The molecule has 1 unspecified atom stereocenters. The van der Waals surface area contributed by atoms with Gasteiger partial charge in [-0.1, -0.05) is 51.6 Å². The Morgan fingerprint density at radius 2 is 1.69 bits per heavy atom. The second-order valence-corrected chi connectivity index (χ2v) is 10.4. The molecule has 1 atom stereocenters. The predicted molar refractivity (Wildman–Crippen MR) is 140 cm³/mol. The van der Waals surface area contributed by atoms with Crippen LogP contribution in [0.5, 0.6) is 0 Å². The van der Waals surface area contributed by atoms with E-state index in [1.54, 1.807) is 6.92 Å². The number of benzene rings is 2. The zero-order valence-corrected chi connectivity index (χ0v) is 21.7. The molecule has 0 saturated heterocycles. The van der Waals surface area contributed by atoms with Gasteiger partial charge in [-0.25, -0.2) is 13.6 Å². The number of carboxylic acid groups (broad SMARTS) is 1. The van der Waals surface area contributed by atoms with Crippen molar-refractivity contribution in [1.29, 1.82) is 0 Å². The lowest BCUT2D eigenvalue weighted by molar-refractivity contribution is -0.137. The smallest absolute Gasteiger partial charge is 0.323 e. The summed E-state index contributed by atoms with van der Waals surface area (Å²) in [6.07, 6.45) is 4.99. The number of carbonyl (C=O) groups is 2. The first kappa shape index (κ1) is 27.7. The minimum atomic E-state index is -1.04. The van der Waals surface area contributed by atoms with Crippen molar-refractivity contribution in [2.75, 3.05) is 22.1 Å². The third-order valence-corrected chi connectivity index (χ3v) is 6.68. The van der Waals surface area contributed by atoms with E-state index in [4.69, 9.17) is 11.6 Å². The largest absolute Gasteiger partial charge is 0.481 e. The minimum Gasteiger partial charge on any atom is -0.481 e. The SMILES string of the molecule is CC(C)CN(c1cc(F)c(C(C)CC(=O)O)cc1NC(=O)Nc1ccc(Cl)cc1F)C1CCCCC1. The third-order valence-electron chi connectivity index (χ3n) is 6.44. The summed E-state index contributed by atoms with van der Waals surface area (Å²) in [4.78, 5) is 26.3. The third kappa shape index (κ3) is 7.32. The summed E-state index contributed by atoms with van der Waals surface area (Å²) in [6, 6.07) is 6.31. The molecule has 0 bridgehead atoms. The minimum absolute atomic E-state index is 0.0497. The van der Waals surface area contributed by atoms with Gasteiger partial charge in [-0.15, -0.1) is 0 Å². The summed E-state index contributed by atoms with van der Waals surface area (Å²) in [7, 11) is 0. The van der Waals surface area contributed by atoms with Crippen LogP contribution < -0.4 is 15.5 Å². The van der Waals surface area contributed by atoms with Gasteiger partial charge in [0.15, 0.2) is 0 Å². The molecule has 2 aromatic rings. The molecule has 9 heteroatoms. The molecule has 0 aromatic heterocycles. The van der Waals surface area contributed by atoms with Crippen LogP contribution >= 0.6 is 11.6 Å². The predicted octanol–water partition coefficient (Wildman–Crippen LogP) is 7.64. The van der Waals surface area contributed by atoms with Crippen LogP contribution in [0.4, 0.5) is 30.6 Å². The molecule has 196 valence electrons. The highest BCUT2D eigenvalue weighted by Gasteiger charge is 2.27. The van der Waals surface area contributed by atoms with Crippen LogP contribution in [0, 0.1) is 17.6 Å². The number of nitrogens with one attached hydrogen (secondary N) is 2. The van der Waals surface area contributed by atoms with Crippen LogP contribution in [0.15, 0.2) is 30.3 Å². The van der Waals surface area contributed by atoms with Gasteiger partial charge in [0, 0.05) is 17.6 Å². The zero-order valence-electron chi connectivity index (χ0n) is 20.9. The number of halogens is 3. The summed E-state index contributed by atoms with van der Waals surface area (Å²) >= 11 is 5.80. The van der Waals surface area contributed by atoms with E-state index >= 15 is 4.39 Å². The van der Waals surface area contributed by atoms with E-state index in [1.807, 2.05) is 0 Å². The number of anilines is 3. The lowest BCUT2D eigenvalue weighted by atomic mass is 9.91. The van der Waals surface area contributed by atoms with Crippen molar-refractivity contribution < 1.29 is 23.5 Å². The maximum atomic E-state index is 15.4. The molecule has 1 fully saturated rings. The molecular weight excluding hydrogens is 488 g/mol. The summed E-state index contributed by atoms with van der Waals surface area (Å²) in [5, 5.41) is 14.7. The average Bonchev–Trinajstić information content (AvgIpc) is 2.80. The molecule has 0 spiro atoms. The van der Waals surface area contributed by atoms with Gasteiger partial charge in [-0.3, -0.25) is 4.79 Å². The van der Waals surface area contributed by atoms with E-state index in [-0.39, 0.29) is 34.7 Å². The van der Waals surface area contributed by atoms with E-state index in [0.29, 0.717) is 17.9 Å². The first-order chi connectivity index (χ1) is 17.0. The first-order valence-electron chi connectivity index (χ1n) is 12.4. The summed E-state index contributed by atoms with van der Waals surface area (Å²) < 4.78 is 29.6. The molecule has 3 N–H and O–H groups in total. The van der Waals surface area contributed by atoms with E-state index in [0.717, 1.165) is 38.2 Å².